The van der Waals surface area contributed by atoms with Crippen LogP contribution in [0, 0.1) is 5.92 Å². The topological polar surface area (TPSA) is 84.5 Å². The quantitative estimate of drug-likeness (QED) is 0.588. The lowest BCUT2D eigenvalue weighted by atomic mass is 10.0. The van der Waals surface area contributed by atoms with E-state index in [0.29, 0.717) is 17.0 Å². The fourth-order valence-corrected chi connectivity index (χ4v) is 3.30. The molecule has 0 bridgehead atoms. The van der Waals surface area contributed by atoms with E-state index in [4.69, 9.17) is 23.2 Å². The minimum absolute atomic E-state index is 0.182. The van der Waals surface area contributed by atoms with Crippen LogP contribution in [0.15, 0.2) is 42.5 Å². The largest absolute Gasteiger partial charge is 0.465 e. The number of benzene rings is 2. The molecule has 0 fully saturated rings. The third-order valence-electron chi connectivity index (χ3n) is 4.35. The van der Waals surface area contributed by atoms with Crippen molar-refractivity contribution in [3.8, 4) is 0 Å². The van der Waals surface area contributed by atoms with Crippen LogP contribution in [0.1, 0.15) is 46.5 Å². The van der Waals surface area contributed by atoms with Crippen LogP contribution in [0.25, 0.3) is 0 Å². The molecule has 2 aromatic rings. The number of hydrogen-bond acceptors (Lipinski definition) is 4. The van der Waals surface area contributed by atoms with Crippen LogP contribution in [0.5, 0.6) is 0 Å². The summed E-state index contributed by atoms with van der Waals surface area (Å²) >= 11 is 12.0. The van der Waals surface area contributed by atoms with Gasteiger partial charge in [0, 0.05) is 11.6 Å². The Balaban J connectivity index is 2.04. The molecule has 0 heterocycles. The van der Waals surface area contributed by atoms with Gasteiger partial charge < -0.3 is 15.4 Å². The second kappa shape index (κ2) is 11.0. The normalized spacial score (nSPS) is 11.7. The number of methoxy groups -OCH3 is 1. The molecule has 2 aromatic carbocycles. The van der Waals surface area contributed by atoms with Crippen molar-refractivity contribution in [3.05, 3.63) is 69.2 Å². The Labute approximate surface area is 185 Å². The molecule has 0 saturated carbocycles. The van der Waals surface area contributed by atoms with Gasteiger partial charge >= 0.3 is 5.97 Å². The van der Waals surface area contributed by atoms with E-state index < -0.39 is 17.9 Å². The van der Waals surface area contributed by atoms with Gasteiger partial charge in [0.1, 0.15) is 6.04 Å². The van der Waals surface area contributed by atoms with Crippen LogP contribution in [0.2, 0.25) is 10.0 Å². The van der Waals surface area contributed by atoms with Gasteiger partial charge in [-0.05, 0) is 48.2 Å². The first-order chi connectivity index (χ1) is 14.2. The molecule has 2 amide bonds. The second-order valence-corrected chi connectivity index (χ2v) is 8.03. The Bertz CT molecular complexity index is 914. The third kappa shape index (κ3) is 6.75. The maximum absolute atomic E-state index is 12.7. The monoisotopic (exact) mass is 450 g/mol. The predicted octanol–water partition coefficient (Wildman–Crippen LogP) is 4.24. The molecule has 8 heteroatoms. The Kier molecular flexibility index (Phi) is 8.69. The lowest BCUT2D eigenvalue weighted by Crippen LogP contribution is -2.47. The molecule has 160 valence electrons. The molecule has 0 radical (unpaired) electrons. The number of rotatable bonds is 8. The number of esters is 1. The number of halogens is 2. The van der Waals surface area contributed by atoms with Crippen molar-refractivity contribution in [2.45, 2.75) is 32.9 Å². The Morgan fingerprint density at radius 3 is 2.27 bits per heavy atom. The maximum atomic E-state index is 12.7. The molecule has 2 N–H and O–H groups in total. The zero-order chi connectivity index (χ0) is 22.3. The molecule has 0 saturated heterocycles. The molecule has 2 rings (SSSR count). The first-order valence-electron chi connectivity index (χ1n) is 9.42. The van der Waals surface area contributed by atoms with E-state index in [2.05, 4.69) is 15.4 Å². The number of ether oxygens (including phenoxy) is 1. The van der Waals surface area contributed by atoms with E-state index in [1.165, 1.54) is 19.2 Å². The van der Waals surface area contributed by atoms with E-state index in [1.54, 1.807) is 30.3 Å². The zero-order valence-corrected chi connectivity index (χ0v) is 18.5. The van der Waals surface area contributed by atoms with Gasteiger partial charge in [0.2, 0.25) is 5.91 Å². The van der Waals surface area contributed by atoms with E-state index in [-0.39, 0.29) is 29.0 Å². The van der Waals surface area contributed by atoms with Gasteiger partial charge in [0.05, 0.1) is 23.3 Å². The Morgan fingerprint density at radius 1 is 1.03 bits per heavy atom. The molecule has 6 nitrogen and oxygen atoms in total. The molecule has 1 atom stereocenters. The summed E-state index contributed by atoms with van der Waals surface area (Å²) in [7, 11) is 1.32. The highest BCUT2D eigenvalue weighted by Gasteiger charge is 2.23. The zero-order valence-electron chi connectivity index (χ0n) is 17.0. The van der Waals surface area contributed by atoms with Crippen molar-refractivity contribution in [2.75, 3.05) is 7.11 Å². The van der Waals surface area contributed by atoms with Crippen molar-refractivity contribution in [3.63, 3.8) is 0 Å². The van der Waals surface area contributed by atoms with E-state index in [9.17, 15) is 14.4 Å². The van der Waals surface area contributed by atoms with Gasteiger partial charge in [-0.3, -0.25) is 9.59 Å². The van der Waals surface area contributed by atoms with E-state index >= 15 is 0 Å². The first-order valence-corrected chi connectivity index (χ1v) is 10.2. The Hall–Kier alpha value is -2.57. The molecule has 1 unspecified atom stereocenters. The van der Waals surface area contributed by atoms with Gasteiger partial charge in [0.15, 0.2) is 0 Å². The van der Waals surface area contributed by atoms with Gasteiger partial charge in [-0.1, -0.05) is 49.2 Å². The van der Waals surface area contributed by atoms with Crippen molar-refractivity contribution in [1.82, 2.24) is 10.6 Å². The molecule has 0 aliphatic rings. The van der Waals surface area contributed by atoms with Crippen LogP contribution < -0.4 is 10.6 Å². The maximum Gasteiger partial charge on any atom is 0.337 e. The predicted molar refractivity (Wildman–Crippen MR) is 117 cm³/mol. The minimum atomic E-state index is -0.724. The van der Waals surface area contributed by atoms with Crippen LogP contribution in [0.3, 0.4) is 0 Å². The highest BCUT2D eigenvalue weighted by Crippen LogP contribution is 2.21. The smallest absolute Gasteiger partial charge is 0.337 e. The number of carbonyl (C=O) groups excluding carboxylic acids is 3. The summed E-state index contributed by atoms with van der Waals surface area (Å²) in [6.07, 6.45) is 0.462. The standard InChI is InChI=1S/C22H24Cl2N2O4/c1-13(2)10-19(26-20(27)17-9-8-16(23)11-18(17)24)21(28)25-12-14-4-6-15(7-5-14)22(29)30-3/h4-9,11,13,19H,10,12H2,1-3H3,(H,25,28)(H,26,27). The average molecular weight is 451 g/mol. The van der Waals surface area contributed by atoms with Gasteiger partial charge in [-0.15, -0.1) is 0 Å². The molecule has 30 heavy (non-hydrogen) atoms. The molecule has 0 spiro atoms. The summed E-state index contributed by atoms with van der Waals surface area (Å²) in [4.78, 5) is 36.8. The molecular weight excluding hydrogens is 427 g/mol. The van der Waals surface area contributed by atoms with Crippen molar-refractivity contribution in [2.24, 2.45) is 5.92 Å². The van der Waals surface area contributed by atoms with Crippen LogP contribution in [-0.4, -0.2) is 30.9 Å². The fraction of sp³-hybridized carbons (Fsp3) is 0.318. The summed E-state index contributed by atoms with van der Waals surface area (Å²) in [5, 5.41) is 6.22. The second-order valence-electron chi connectivity index (χ2n) is 7.19. The average Bonchev–Trinajstić information content (AvgIpc) is 2.70. The number of nitrogens with one attached hydrogen (secondary N) is 2. The van der Waals surface area contributed by atoms with Gasteiger partial charge in [-0.25, -0.2) is 4.79 Å². The fourth-order valence-electron chi connectivity index (χ4n) is 2.80. The van der Waals surface area contributed by atoms with Crippen LogP contribution in [0.4, 0.5) is 0 Å². The van der Waals surface area contributed by atoms with Gasteiger partial charge in [-0.2, -0.15) is 0 Å². The van der Waals surface area contributed by atoms with E-state index in [1.807, 2.05) is 13.8 Å². The lowest BCUT2D eigenvalue weighted by Gasteiger charge is -2.20. The van der Waals surface area contributed by atoms with Crippen molar-refractivity contribution >= 4 is 41.0 Å². The highest BCUT2D eigenvalue weighted by molar-refractivity contribution is 6.36. The summed E-state index contributed by atoms with van der Waals surface area (Å²) in [5.74, 6) is -0.994. The summed E-state index contributed by atoms with van der Waals surface area (Å²) in [5.41, 5.74) is 1.49. The SMILES string of the molecule is COC(=O)c1ccc(CNC(=O)C(CC(C)C)NC(=O)c2ccc(Cl)cc2Cl)cc1. The summed E-state index contributed by atoms with van der Waals surface area (Å²) in [6, 6.07) is 10.6. The van der Waals surface area contributed by atoms with Crippen molar-refractivity contribution in [1.29, 1.82) is 0 Å². The third-order valence-corrected chi connectivity index (χ3v) is 4.89. The number of amides is 2. The highest BCUT2D eigenvalue weighted by atomic mass is 35.5. The van der Waals surface area contributed by atoms with Crippen molar-refractivity contribution < 1.29 is 19.1 Å². The van der Waals surface area contributed by atoms with E-state index in [0.717, 1.165) is 5.56 Å². The Morgan fingerprint density at radius 2 is 1.70 bits per heavy atom. The van der Waals surface area contributed by atoms with Crippen LogP contribution >= 0.6 is 23.2 Å². The van der Waals surface area contributed by atoms with Gasteiger partial charge in [0.25, 0.3) is 5.91 Å². The molecule has 0 aliphatic carbocycles. The summed E-state index contributed by atoms with van der Waals surface area (Å²) in [6.45, 7) is 4.19. The van der Waals surface area contributed by atoms with Crippen LogP contribution in [-0.2, 0) is 16.1 Å². The number of hydrogen-bond donors (Lipinski definition) is 2. The summed E-state index contributed by atoms with van der Waals surface area (Å²) < 4.78 is 4.67. The molecular formula is C22H24Cl2N2O4. The minimum Gasteiger partial charge on any atom is -0.465 e. The molecule has 0 aliphatic heterocycles. The lowest BCUT2D eigenvalue weighted by molar-refractivity contribution is -0.123. The number of carbonyl (C=O) groups is 3. The molecule has 0 aromatic heterocycles. The first kappa shape index (κ1) is 23.7.